The fourth-order valence-electron chi connectivity index (χ4n) is 3.03. The minimum atomic E-state index is -1.25. The van der Waals surface area contributed by atoms with Crippen molar-refractivity contribution in [2.24, 2.45) is 11.3 Å². The summed E-state index contributed by atoms with van der Waals surface area (Å²) in [4.78, 5) is 10.4. The van der Waals surface area contributed by atoms with Crippen LogP contribution in [0.5, 0.6) is 0 Å². The van der Waals surface area contributed by atoms with Gasteiger partial charge < -0.3 is 14.6 Å². The van der Waals surface area contributed by atoms with Crippen LogP contribution in [-0.2, 0) is 9.47 Å². The van der Waals surface area contributed by atoms with Gasteiger partial charge in [-0.2, -0.15) is 0 Å². The van der Waals surface area contributed by atoms with Crippen LogP contribution in [0.4, 0.5) is 4.79 Å². The van der Waals surface area contributed by atoms with E-state index in [-0.39, 0.29) is 12.7 Å². The SMILES string of the molecule is CC(OC(C)(C)COC(=O)O)C1CCCC(C)(C)C1. The Morgan fingerprint density at radius 2 is 2.11 bits per heavy atom. The molecule has 1 aliphatic carbocycles. The molecule has 0 aromatic heterocycles. The number of carboxylic acid groups (broad SMARTS) is 1. The summed E-state index contributed by atoms with van der Waals surface area (Å²) in [6, 6.07) is 0. The van der Waals surface area contributed by atoms with E-state index in [9.17, 15) is 4.79 Å². The highest BCUT2D eigenvalue weighted by atomic mass is 16.7. The van der Waals surface area contributed by atoms with Crippen molar-refractivity contribution in [3.63, 3.8) is 0 Å². The van der Waals surface area contributed by atoms with Crippen LogP contribution in [0.15, 0.2) is 0 Å². The van der Waals surface area contributed by atoms with E-state index in [1.54, 1.807) is 0 Å². The van der Waals surface area contributed by atoms with Gasteiger partial charge in [0.1, 0.15) is 6.61 Å². The largest absolute Gasteiger partial charge is 0.505 e. The molecule has 0 spiro atoms. The first-order chi connectivity index (χ1) is 8.61. The molecule has 19 heavy (non-hydrogen) atoms. The van der Waals surface area contributed by atoms with Crippen molar-refractivity contribution in [3.8, 4) is 0 Å². The van der Waals surface area contributed by atoms with Crippen molar-refractivity contribution in [1.29, 1.82) is 0 Å². The van der Waals surface area contributed by atoms with Crippen molar-refractivity contribution in [1.82, 2.24) is 0 Å². The van der Waals surface area contributed by atoms with E-state index in [4.69, 9.17) is 9.84 Å². The van der Waals surface area contributed by atoms with Crippen LogP contribution in [0.1, 0.15) is 60.3 Å². The summed E-state index contributed by atoms with van der Waals surface area (Å²) >= 11 is 0. The zero-order valence-electron chi connectivity index (χ0n) is 12.9. The van der Waals surface area contributed by atoms with Gasteiger partial charge in [0.15, 0.2) is 0 Å². The summed E-state index contributed by atoms with van der Waals surface area (Å²) in [5.41, 5.74) is -0.179. The predicted molar refractivity (Wildman–Crippen MR) is 74.3 cm³/mol. The Bertz CT molecular complexity index is 309. The summed E-state index contributed by atoms with van der Waals surface area (Å²) < 4.78 is 10.7. The summed E-state index contributed by atoms with van der Waals surface area (Å²) in [6.07, 6.45) is 3.78. The van der Waals surface area contributed by atoms with Crippen molar-refractivity contribution in [2.75, 3.05) is 6.61 Å². The van der Waals surface area contributed by atoms with Crippen LogP contribution in [0.3, 0.4) is 0 Å². The number of rotatable bonds is 5. The highest BCUT2D eigenvalue weighted by Crippen LogP contribution is 2.41. The van der Waals surface area contributed by atoms with Crippen LogP contribution in [-0.4, -0.2) is 29.6 Å². The molecule has 2 unspecified atom stereocenters. The van der Waals surface area contributed by atoms with Gasteiger partial charge in [0.25, 0.3) is 0 Å². The normalized spacial score (nSPS) is 24.8. The summed E-state index contributed by atoms with van der Waals surface area (Å²) in [5, 5.41) is 8.55. The molecule has 1 N–H and O–H groups in total. The van der Waals surface area contributed by atoms with Crippen LogP contribution in [0, 0.1) is 11.3 Å². The fraction of sp³-hybridized carbons (Fsp3) is 0.933. The first-order valence-corrected chi connectivity index (χ1v) is 7.15. The summed E-state index contributed by atoms with van der Waals surface area (Å²) in [6.45, 7) is 10.5. The molecule has 0 radical (unpaired) electrons. The van der Waals surface area contributed by atoms with Gasteiger partial charge in [-0.05, 0) is 51.4 Å². The molecular weight excluding hydrogens is 244 g/mol. The highest BCUT2D eigenvalue weighted by molar-refractivity contribution is 5.56. The van der Waals surface area contributed by atoms with Crippen LogP contribution >= 0.6 is 0 Å². The maximum Gasteiger partial charge on any atom is 0.505 e. The van der Waals surface area contributed by atoms with Gasteiger partial charge in [0.05, 0.1) is 11.7 Å². The van der Waals surface area contributed by atoms with Crippen molar-refractivity contribution >= 4 is 6.16 Å². The van der Waals surface area contributed by atoms with Crippen LogP contribution < -0.4 is 0 Å². The lowest BCUT2D eigenvalue weighted by molar-refractivity contribution is -0.124. The van der Waals surface area contributed by atoms with Crippen molar-refractivity contribution in [2.45, 2.75) is 72.0 Å². The van der Waals surface area contributed by atoms with E-state index < -0.39 is 11.8 Å². The minimum absolute atomic E-state index is 0.0722. The molecule has 0 bridgehead atoms. The van der Waals surface area contributed by atoms with Gasteiger partial charge in [-0.25, -0.2) is 4.79 Å². The first-order valence-electron chi connectivity index (χ1n) is 7.15. The Kier molecular flexibility index (Phi) is 5.25. The molecule has 0 aromatic carbocycles. The fourth-order valence-corrected chi connectivity index (χ4v) is 3.03. The molecule has 1 aliphatic rings. The van der Waals surface area contributed by atoms with Gasteiger partial charge in [0, 0.05) is 0 Å². The maximum atomic E-state index is 10.4. The molecule has 0 amide bonds. The second-order valence-corrected chi connectivity index (χ2v) is 7.16. The zero-order chi connectivity index (χ0) is 14.7. The second kappa shape index (κ2) is 6.12. The Labute approximate surface area is 116 Å². The number of carbonyl (C=O) groups is 1. The average molecular weight is 272 g/mol. The number of ether oxygens (including phenoxy) is 2. The van der Waals surface area contributed by atoms with E-state index >= 15 is 0 Å². The molecule has 2 atom stereocenters. The molecule has 0 heterocycles. The van der Waals surface area contributed by atoms with E-state index in [0.29, 0.717) is 11.3 Å². The van der Waals surface area contributed by atoms with Gasteiger partial charge in [-0.1, -0.05) is 20.3 Å². The third-order valence-electron chi connectivity index (χ3n) is 3.96. The predicted octanol–water partition coefficient (Wildman–Crippen LogP) is 4.08. The van der Waals surface area contributed by atoms with E-state index in [2.05, 4.69) is 25.5 Å². The molecule has 0 saturated heterocycles. The van der Waals surface area contributed by atoms with Crippen LogP contribution in [0.25, 0.3) is 0 Å². The number of hydrogen-bond donors (Lipinski definition) is 1. The van der Waals surface area contributed by atoms with E-state index in [0.717, 1.165) is 0 Å². The lowest BCUT2D eigenvalue weighted by atomic mass is 9.71. The molecule has 1 fully saturated rings. The van der Waals surface area contributed by atoms with E-state index in [1.807, 2.05) is 13.8 Å². The quantitative estimate of drug-likeness (QED) is 0.766. The molecule has 1 rings (SSSR count). The minimum Gasteiger partial charge on any atom is -0.450 e. The van der Waals surface area contributed by atoms with Crippen molar-refractivity contribution < 1.29 is 19.4 Å². The molecule has 4 nitrogen and oxygen atoms in total. The Morgan fingerprint density at radius 3 is 2.63 bits per heavy atom. The lowest BCUT2D eigenvalue weighted by Crippen LogP contribution is -2.39. The van der Waals surface area contributed by atoms with Crippen LogP contribution in [0.2, 0.25) is 0 Å². The third-order valence-corrected chi connectivity index (χ3v) is 3.96. The zero-order valence-corrected chi connectivity index (χ0v) is 12.9. The Morgan fingerprint density at radius 1 is 1.47 bits per heavy atom. The van der Waals surface area contributed by atoms with Gasteiger partial charge in [-0.15, -0.1) is 0 Å². The highest BCUT2D eigenvalue weighted by Gasteiger charge is 2.34. The first kappa shape index (κ1) is 16.3. The maximum absolute atomic E-state index is 10.4. The smallest absolute Gasteiger partial charge is 0.450 e. The second-order valence-electron chi connectivity index (χ2n) is 7.16. The molecule has 0 aliphatic heterocycles. The van der Waals surface area contributed by atoms with Crippen molar-refractivity contribution in [3.05, 3.63) is 0 Å². The van der Waals surface area contributed by atoms with Gasteiger partial charge >= 0.3 is 6.16 Å². The topological polar surface area (TPSA) is 55.8 Å². The standard InChI is InChI=1S/C15H28O4/c1-11(12-7-6-8-14(2,3)9-12)19-15(4,5)10-18-13(16)17/h11-12H,6-10H2,1-5H3,(H,16,17). The Hall–Kier alpha value is -0.770. The average Bonchev–Trinajstić information content (AvgIpc) is 2.24. The molecule has 0 aromatic rings. The molecule has 4 heteroatoms. The van der Waals surface area contributed by atoms with Gasteiger partial charge in [-0.3, -0.25) is 0 Å². The third kappa shape index (κ3) is 5.81. The summed E-state index contributed by atoms with van der Waals surface area (Å²) in [7, 11) is 0. The molecule has 1 saturated carbocycles. The Balaban J connectivity index is 2.48. The molecule has 112 valence electrons. The summed E-state index contributed by atoms with van der Waals surface area (Å²) in [5.74, 6) is 0.549. The monoisotopic (exact) mass is 272 g/mol. The van der Waals surface area contributed by atoms with E-state index in [1.165, 1.54) is 25.7 Å². The lowest BCUT2D eigenvalue weighted by Gasteiger charge is -2.40. The number of hydrogen-bond acceptors (Lipinski definition) is 3. The molecular formula is C15H28O4. The van der Waals surface area contributed by atoms with Gasteiger partial charge in [0.2, 0.25) is 0 Å².